The van der Waals surface area contributed by atoms with Gasteiger partial charge in [0.25, 0.3) is 5.91 Å². The number of fused-ring (bicyclic) bond motifs is 2. The number of nitrogens with one attached hydrogen (secondary N) is 1. The summed E-state index contributed by atoms with van der Waals surface area (Å²) in [5.41, 5.74) is 1.60. The number of hydrogen-bond acceptors (Lipinski definition) is 4. The molecule has 1 aromatic heterocycles. The number of H-pyrrole nitrogens is 1. The van der Waals surface area contributed by atoms with Crippen LogP contribution < -0.4 is 4.90 Å². The zero-order valence-electron chi connectivity index (χ0n) is 11.5. The number of halogens is 2. The van der Waals surface area contributed by atoms with E-state index in [0.29, 0.717) is 42.1 Å². The summed E-state index contributed by atoms with van der Waals surface area (Å²) < 4.78 is 0. The number of nitrogens with zero attached hydrogens (tertiary/aromatic N) is 4. The predicted molar refractivity (Wildman–Crippen MR) is 86.8 cm³/mol. The van der Waals surface area contributed by atoms with E-state index in [4.69, 9.17) is 11.6 Å². The molecule has 0 aliphatic carbocycles. The summed E-state index contributed by atoms with van der Waals surface area (Å²) in [7, 11) is 0. The number of imidazole rings is 1. The Hall–Kier alpha value is -2.05. The Bertz CT molecular complexity index is 740. The molecular formula is C14H13Cl2N5O. The number of aromatic amines is 1. The quantitative estimate of drug-likeness (QED) is 0.914. The molecule has 1 aromatic carbocycles. The van der Waals surface area contributed by atoms with Gasteiger partial charge < -0.3 is 4.98 Å². The minimum absolute atomic E-state index is 0. The Morgan fingerprint density at radius 1 is 1.27 bits per heavy atom. The van der Waals surface area contributed by atoms with Gasteiger partial charge in [0.15, 0.2) is 5.82 Å². The second-order valence-corrected chi connectivity index (χ2v) is 5.39. The fraction of sp³-hybridized carbons (Fsp3) is 0.214. The Morgan fingerprint density at radius 3 is 2.82 bits per heavy atom. The summed E-state index contributed by atoms with van der Waals surface area (Å²) in [6.45, 7) is 1.84. The second kappa shape index (κ2) is 5.62. The number of aromatic nitrogens is 2. The van der Waals surface area contributed by atoms with Crippen molar-refractivity contribution in [3.05, 3.63) is 46.9 Å². The highest BCUT2D eigenvalue weighted by Crippen LogP contribution is 2.28. The molecule has 0 atom stereocenters. The Balaban J connectivity index is 0.00000144. The molecular weight excluding hydrogens is 325 g/mol. The molecule has 0 spiro atoms. The van der Waals surface area contributed by atoms with E-state index < -0.39 is 0 Å². The van der Waals surface area contributed by atoms with Crippen molar-refractivity contribution in [3.63, 3.8) is 0 Å². The van der Waals surface area contributed by atoms with Gasteiger partial charge >= 0.3 is 0 Å². The largest absolute Gasteiger partial charge is 0.339 e. The average molecular weight is 338 g/mol. The molecule has 2 aliphatic rings. The van der Waals surface area contributed by atoms with Crippen molar-refractivity contribution in [2.75, 3.05) is 18.0 Å². The van der Waals surface area contributed by atoms with Gasteiger partial charge in [0.05, 0.1) is 19.4 Å². The lowest BCUT2D eigenvalue weighted by atomic mass is 10.2. The predicted octanol–water partition coefficient (Wildman–Crippen LogP) is 2.32. The number of anilines is 1. The second-order valence-electron chi connectivity index (χ2n) is 4.95. The molecule has 2 aliphatic heterocycles. The van der Waals surface area contributed by atoms with Crippen molar-refractivity contribution in [2.24, 2.45) is 4.99 Å². The van der Waals surface area contributed by atoms with Gasteiger partial charge in [-0.15, -0.1) is 12.4 Å². The smallest absolute Gasteiger partial charge is 0.280 e. The van der Waals surface area contributed by atoms with Crippen LogP contribution in [0.5, 0.6) is 0 Å². The number of carbonyl (C=O) groups excluding carboxylic acids is 1. The zero-order chi connectivity index (χ0) is 14.4. The molecule has 6 nitrogen and oxygen atoms in total. The molecule has 114 valence electrons. The minimum atomic E-state index is -0.0638. The first-order chi connectivity index (χ1) is 10.2. The van der Waals surface area contributed by atoms with Crippen molar-refractivity contribution in [1.82, 2.24) is 14.9 Å². The van der Waals surface area contributed by atoms with E-state index in [2.05, 4.69) is 15.0 Å². The van der Waals surface area contributed by atoms with E-state index in [1.165, 1.54) is 0 Å². The lowest BCUT2D eigenvalue weighted by Gasteiger charge is -2.33. The number of hydrogen-bond donors (Lipinski definition) is 1. The van der Waals surface area contributed by atoms with Gasteiger partial charge in [-0.05, 0) is 17.7 Å². The van der Waals surface area contributed by atoms with E-state index in [-0.39, 0.29) is 18.3 Å². The molecule has 0 saturated carbocycles. The molecule has 0 saturated heterocycles. The SMILES string of the molecule is Cl.O=C1c2[nH]cnc2N(Cc2ccc(Cl)cc2)C2=NCCN12. The maximum atomic E-state index is 12.3. The molecule has 1 N–H and O–H groups in total. The van der Waals surface area contributed by atoms with E-state index in [1.54, 1.807) is 11.2 Å². The molecule has 4 rings (SSSR count). The Morgan fingerprint density at radius 2 is 2.05 bits per heavy atom. The first-order valence-corrected chi connectivity index (χ1v) is 7.03. The Labute approximate surface area is 138 Å². The summed E-state index contributed by atoms with van der Waals surface area (Å²) >= 11 is 5.92. The zero-order valence-corrected chi connectivity index (χ0v) is 13.1. The van der Waals surface area contributed by atoms with E-state index in [1.807, 2.05) is 29.2 Å². The van der Waals surface area contributed by atoms with Gasteiger partial charge in [0.1, 0.15) is 5.69 Å². The number of benzene rings is 1. The number of guanidine groups is 1. The third-order valence-corrected chi connectivity index (χ3v) is 3.90. The summed E-state index contributed by atoms with van der Waals surface area (Å²) in [5.74, 6) is 1.24. The van der Waals surface area contributed by atoms with Crippen LogP contribution in [0.15, 0.2) is 35.6 Å². The van der Waals surface area contributed by atoms with Crippen LogP contribution in [0.1, 0.15) is 16.1 Å². The number of rotatable bonds is 2. The maximum Gasteiger partial charge on any atom is 0.280 e. The van der Waals surface area contributed by atoms with Crippen LogP contribution in [0.25, 0.3) is 0 Å². The highest BCUT2D eigenvalue weighted by molar-refractivity contribution is 6.30. The average Bonchev–Trinajstić information content (AvgIpc) is 3.15. The van der Waals surface area contributed by atoms with Crippen LogP contribution in [0.4, 0.5) is 5.82 Å². The molecule has 22 heavy (non-hydrogen) atoms. The number of carbonyl (C=O) groups is 1. The van der Waals surface area contributed by atoms with Crippen molar-refractivity contribution in [2.45, 2.75) is 6.54 Å². The third kappa shape index (κ3) is 2.24. The van der Waals surface area contributed by atoms with Gasteiger partial charge in [-0.2, -0.15) is 0 Å². The third-order valence-electron chi connectivity index (χ3n) is 3.65. The van der Waals surface area contributed by atoms with Crippen LogP contribution in [-0.4, -0.2) is 39.8 Å². The van der Waals surface area contributed by atoms with Gasteiger partial charge in [0.2, 0.25) is 5.96 Å². The normalized spacial score (nSPS) is 16.0. The van der Waals surface area contributed by atoms with Crippen LogP contribution in [0.3, 0.4) is 0 Å². The molecule has 0 radical (unpaired) electrons. The monoisotopic (exact) mass is 337 g/mol. The van der Waals surface area contributed by atoms with Gasteiger partial charge in [-0.3, -0.25) is 19.6 Å². The molecule has 0 fully saturated rings. The van der Waals surface area contributed by atoms with Crippen LogP contribution >= 0.6 is 24.0 Å². The Kier molecular flexibility index (Phi) is 3.80. The lowest BCUT2D eigenvalue weighted by Crippen LogP contribution is -2.49. The van der Waals surface area contributed by atoms with Gasteiger partial charge in [-0.1, -0.05) is 23.7 Å². The number of aliphatic imine (C=N–C) groups is 1. The molecule has 1 amide bonds. The summed E-state index contributed by atoms with van der Waals surface area (Å²) in [6, 6.07) is 7.63. The number of amides is 1. The van der Waals surface area contributed by atoms with Crippen molar-refractivity contribution >= 4 is 41.7 Å². The first-order valence-electron chi connectivity index (χ1n) is 6.66. The van der Waals surface area contributed by atoms with Gasteiger partial charge in [-0.25, -0.2) is 4.98 Å². The molecule has 3 heterocycles. The summed E-state index contributed by atoms with van der Waals surface area (Å²) in [5, 5.41) is 0.702. The van der Waals surface area contributed by atoms with Gasteiger partial charge in [0, 0.05) is 11.6 Å². The molecule has 8 heteroatoms. The topological polar surface area (TPSA) is 64.6 Å². The van der Waals surface area contributed by atoms with E-state index in [0.717, 1.165) is 5.56 Å². The molecule has 0 unspecified atom stereocenters. The van der Waals surface area contributed by atoms with Crippen LogP contribution in [0, 0.1) is 0 Å². The van der Waals surface area contributed by atoms with Crippen molar-refractivity contribution in [1.29, 1.82) is 0 Å². The van der Waals surface area contributed by atoms with Crippen LogP contribution in [-0.2, 0) is 6.54 Å². The summed E-state index contributed by atoms with van der Waals surface area (Å²) in [4.78, 5) is 27.6. The fourth-order valence-corrected chi connectivity index (χ4v) is 2.78. The lowest BCUT2D eigenvalue weighted by molar-refractivity contribution is 0.0846. The highest BCUT2D eigenvalue weighted by Gasteiger charge is 2.39. The first kappa shape index (κ1) is 14.9. The molecule has 2 aromatic rings. The summed E-state index contributed by atoms with van der Waals surface area (Å²) in [6.07, 6.45) is 1.54. The van der Waals surface area contributed by atoms with E-state index >= 15 is 0 Å². The van der Waals surface area contributed by atoms with Crippen molar-refractivity contribution < 1.29 is 4.79 Å². The maximum absolute atomic E-state index is 12.3. The highest BCUT2D eigenvalue weighted by atomic mass is 35.5. The molecule has 0 bridgehead atoms. The van der Waals surface area contributed by atoms with Crippen LogP contribution in [0.2, 0.25) is 5.02 Å². The van der Waals surface area contributed by atoms with Crippen molar-refractivity contribution in [3.8, 4) is 0 Å². The fourth-order valence-electron chi connectivity index (χ4n) is 2.66. The van der Waals surface area contributed by atoms with E-state index in [9.17, 15) is 4.79 Å². The minimum Gasteiger partial charge on any atom is -0.339 e. The standard InChI is InChI=1S/C14H12ClN5O.ClH/c15-10-3-1-9(2-4-10)7-20-12-11(17-8-18-12)13(21)19-6-5-16-14(19)20;/h1-4,8H,5-7H2,(H,17,18);1H.